The number of carboxylic acid groups (broad SMARTS) is 1. The molecule has 2 aromatic heterocycles. The molecule has 10 nitrogen and oxygen atoms in total. The number of carboxylic acids is 1. The topological polar surface area (TPSA) is 160 Å². The number of alkyl halides is 3. The third-order valence-electron chi connectivity index (χ3n) is 5.13. The molecule has 0 aliphatic heterocycles. The standard InChI is InChI=1S/C22H16F3N5O5/c23-22(24,25)14-8-16-15(28-18(31)19(32)29-16)7-13(14)17(11-5-6-26-9-11)30-21(35)27-12-3-1-10(2-4-12)20(33)34/h1-9,17,26H,(H,28,31)(H,29,32)(H,33,34)(H2,27,30,35). The minimum absolute atomic E-state index is 0.0147. The highest BCUT2D eigenvalue weighted by atomic mass is 19.4. The Hall–Kier alpha value is -4.81. The maximum absolute atomic E-state index is 14.0. The van der Waals surface area contributed by atoms with E-state index in [-0.39, 0.29) is 33.4 Å². The van der Waals surface area contributed by atoms with Crippen molar-refractivity contribution in [2.24, 2.45) is 0 Å². The van der Waals surface area contributed by atoms with Gasteiger partial charge in [0.2, 0.25) is 0 Å². The Labute approximate surface area is 192 Å². The Bertz CT molecular complexity index is 1520. The summed E-state index contributed by atoms with van der Waals surface area (Å²) in [7, 11) is 0. The molecule has 2 heterocycles. The lowest BCUT2D eigenvalue weighted by Crippen LogP contribution is -2.34. The number of anilines is 1. The number of H-pyrrole nitrogens is 3. The van der Waals surface area contributed by atoms with Crippen molar-refractivity contribution in [3.05, 3.63) is 97.8 Å². The highest BCUT2D eigenvalue weighted by Gasteiger charge is 2.37. The van der Waals surface area contributed by atoms with E-state index < -0.39 is 40.9 Å². The summed E-state index contributed by atoms with van der Waals surface area (Å²) in [5.41, 5.74) is -3.50. The van der Waals surface area contributed by atoms with Crippen molar-refractivity contribution in [3.8, 4) is 0 Å². The largest absolute Gasteiger partial charge is 0.478 e. The van der Waals surface area contributed by atoms with E-state index in [0.29, 0.717) is 6.07 Å². The first-order valence-corrected chi connectivity index (χ1v) is 9.94. The Morgan fingerprint density at radius 2 is 1.57 bits per heavy atom. The van der Waals surface area contributed by atoms with E-state index in [0.717, 1.165) is 6.07 Å². The van der Waals surface area contributed by atoms with Crippen LogP contribution in [0.15, 0.2) is 64.4 Å². The van der Waals surface area contributed by atoms with Gasteiger partial charge in [0.05, 0.1) is 28.2 Å². The molecule has 4 aromatic rings. The zero-order valence-electron chi connectivity index (χ0n) is 17.5. The fourth-order valence-corrected chi connectivity index (χ4v) is 3.52. The molecule has 0 spiro atoms. The van der Waals surface area contributed by atoms with Crippen LogP contribution in [-0.4, -0.2) is 32.1 Å². The molecule has 6 N–H and O–H groups in total. The minimum Gasteiger partial charge on any atom is -0.478 e. The lowest BCUT2D eigenvalue weighted by atomic mass is 9.94. The van der Waals surface area contributed by atoms with Crippen LogP contribution in [0.25, 0.3) is 11.0 Å². The molecule has 0 bridgehead atoms. The summed E-state index contributed by atoms with van der Waals surface area (Å²) in [4.78, 5) is 54.1. The van der Waals surface area contributed by atoms with Gasteiger partial charge in [0, 0.05) is 18.1 Å². The average Bonchev–Trinajstić information content (AvgIpc) is 3.32. The number of nitrogens with one attached hydrogen (secondary N) is 5. The summed E-state index contributed by atoms with van der Waals surface area (Å²) in [5, 5.41) is 13.9. The van der Waals surface area contributed by atoms with Crippen LogP contribution in [0, 0.1) is 0 Å². The number of amides is 2. The van der Waals surface area contributed by atoms with Gasteiger partial charge in [-0.2, -0.15) is 13.2 Å². The second-order valence-corrected chi connectivity index (χ2v) is 7.45. The number of halogens is 3. The number of hydrogen-bond acceptors (Lipinski definition) is 4. The number of rotatable bonds is 5. The molecular weight excluding hydrogens is 471 g/mol. The molecule has 1 atom stereocenters. The molecule has 0 aliphatic rings. The molecule has 0 radical (unpaired) electrons. The number of fused-ring (bicyclic) bond motifs is 1. The van der Waals surface area contributed by atoms with E-state index in [1.807, 2.05) is 0 Å². The quantitative estimate of drug-likeness (QED) is 0.238. The van der Waals surface area contributed by atoms with Gasteiger partial charge in [0.25, 0.3) is 0 Å². The minimum atomic E-state index is -4.87. The first kappa shape index (κ1) is 23.4. The average molecular weight is 487 g/mol. The van der Waals surface area contributed by atoms with E-state index in [9.17, 15) is 32.3 Å². The molecule has 0 fully saturated rings. The third-order valence-corrected chi connectivity index (χ3v) is 5.13. The van der Waals surface area contributed by atoms with Gasteiger partial charge in [-0.15, -0.1) is 0 Å². The number of aromatic carboxylic acids is 1. The van der Waals surface area contributed by atoms with E-state index in [2.05, 4.69) is 25.6 Å². The van der Waals surface area contributed by atoms with Gasteiger partial charge in [-0.3, -0.25) is 9.59 Å². The Kier molecular flexibility index (Phi) is 5.91. The number of aromatic amines is 3. The molecule has 0 saturated heterocycles. The van der Waals surface area contributed by atoms with Crippen molar-refractivity contribution in [2.45, 2.75) is 12.2 Å². The van der Waals surface area contributed by atoms with Crippen molar-refractivity contribution in [1.29, 1.82) is 0 Å². The maximum atomic E-state index is 14.0. The first-order chi connectivity index (χ1) is 16.5. The molecule has 2 amide bonds. The third kappa shape index (κ3) is 4.93. The summed E-state index contributed by atoms with van der Waals surface area (Å²) in [6.45, 7) is 0. The number of carbonyl (C=O) groups excluding carboxylic acids is 1. The molecule has 0 saturated carbocycles. The van der Waals surface area contributed by atoms with E-state index in [4.69, 9.17) is 5.11 Å². The van der Waals surface area contributed by atoms with Gasteiger partial charge in [0.1, 0.15) is 0 Å². The van der Waals surface area contributed by atoms with Gasteiger partial charge in [-0.25, -0.2) is 9.59 Å². The fourth-order valence-electron chi connectivity index (χ4n) is 3.52. The van der Waals surface area contributed by atoms with Gasteiger partial charge < -0.3 is 30.7 Å². The molecule has 180 valence electrons. The molecule has 0 aliphatic carbocycles. The Balaban J connectivity index is 1.76. The second-order valence-electron chi connectivity index (χ2n) is 7.45. The maximum Gasteiger partial charge on any atom is 0.416 e. The summed E-state index contributed by atoms with van der Waals surface area (Å²) in [6, 6.07) is 6.15. The molecule has 13 heteroatoms. The van der Waals surface area contributed by atoms with Crippen LogP contribution in [0.3, 0.4) is 0 Å². The van der Waals surface area contributed by atoms with Crippen molar-refractivity contribution < 1.29 is 27.9 Å². The zero-order valence-corrected chi connectivity index (χ0v) is 17.5. The lowest BCUT2D eigenvalue weighted by Gasteiger charge is -2.23. The van der Waals surface area contributed by atoms with Gasteiger partial charge in [0.15, 0.2) is 0 Å². The van der Waals surface area contributed by atoms with Gasteiger partial charge in [-0.1, -0.05) is 0 Å². The van der Waals surface area contributed by atoms with E-state index >= 15 is 0 Å². The normalized spacial score (nSPS) is 12.3. The number of benzene rings is 2. The lowest BCUT2D eigenvalue weighted by molar-refractivity contribution is -0.138. The van der Waals surface area contributed by atoms with Gasteiger partial charge in [-0.05, 0) is 53.6 Å². The Morgan fingerprint density at radius 1 is 0.943 bits per heavy atom. The van der Waals surface area contributed by atoms with Crippen LogP contribution in [0.2, 0.25) is 0 Å². The number of carbonyl (C=O) groups is 2. The predicted molar refractivity (Wildman–Crippen MR) is 118 cm³/mol. The highest BCUT2D eigenvalue weighted by molar-refractivity contribution is 5.92. The summed E-state index contributed by atoms with van der Waals surface area (Å²) < 4.78 is 42.0. The zero-order chi connectivity index (χ0) is 25.3. The van der Waals surface area contributed by atoms with Crippen LogP contribution in [0.4, 0.5) is 23.7 Å². The second kappa shape index (κ2) is 8.85. The fraction of sp³-hybridized carbons (Fsp3) is 0.0909. The predicted octanol–water partition coefficient (Wildman–Crippen LogP) is 3.17. The van der Waals surface area contributed by atoms with Crippen LogP contribution < -0.4 is 21.8 Å². The van der Waals surface area contributed by atoms with Gasteiger partial charge >= 0.3 is 29.3 Å². The Morgan fingerprint density at radius 3 is 2.11 bits per heavy atom. The van der Waals surface area contributed by atoms with Crippen LogP contribution in [0.5, 0.6) is 0 Å². The van der Waals surface area contributed by atoms with Crippen LogP contribution >= 0.6 is 0 Å². The van der Waals surface area contributed by atoms with Crippen LogP contribution in [-0.2, 0) is 6.18 Å². The van der Waals surface area contributed by atoms with E-state index in [1.54, 1.807) is 0 Å². The monoisotopic (exact) mass is 487 g/mol. The number of hydrogen-bond donors (Lipinski definition) is 6. The SMILES string of the molecule is O=C(Nc1ccc(C(=O)O)cc1)NC(c1cc[nH]c1)c1cc2[nH]c(=O)c(=O)[nH]c2cc1C(F)(F)F. The van der Waals surface area contributed by atoms with Crippen molar-refractivity contribution >= 4 is 28.7 Å². The molecule has 2 aromatic carbocycles. The highest BCUT2D eigenvalue weighted by Crippen LogP contribution is 2.38. The molecule has 4 rings (SSSR count). The first-order valence-electron chi connectivity index (χ1n) is 9.94. The smallest absolute Gasteiger partial charge is 0.416 e. The molecular formula is C22H16F3N5O5. The van der Waals surface area contributed by atoms with E-state index in [1.165, 1.54) is 42.7 Å². The summed E-state index contributed by atoms with van der Waals surface area (Å²) in [6.07, 6.45) is -2.01. The van der Waals surface area contributed by atoms with Crippen molar-refractivity contribution in [1.82, 2.24) is 20.3 Å². The summed E-state index contributed by atoms with van der Waals surface area (Å²) in [5.74, 6) is -1.16. The van der Waals surface area contributed by atoms with Crippen molar-refractivity contribution in [3.63, 3.8) is 0 Å². The summed E-state index contributed by atoms with van der Waals surface area (Å²) >= 11 is 0. The molecule has 35 heavy (non-hydrogen) atoms. The molecule has 1 unspecified atom stereocenters. The van der Waals surface area contributed by atoms with Crippen LogP contribution in [0.1, 0.15) is 33.1 Å². The van der Waals surface area contributed by atoms with Crippen molar-refractivity contribution in [2.75, 3.05) is 5.32 Å². The number of urea groups is 1. The number of aromatic nitrogens is 3.